The average Bonchev–Trinajstić information content (AvgIpc) is 3.13. The number of quaternary nitrogens is 1. The van der Waals surface area contributed by atoms with Crippen molar-refractivity contribution in [2.75, 3.05) is 38.2 Å². The number of benzene rings is 1. The third-order valence-electron chi connectivity index (χ3n) is 6.18. The minimum atomic E-state index is 0.0545. The van der Waals surface area contributed by atoms with Crippen molar-refractivity contribution in [1.29, 1.82) is 0 Å². The first-order valence-corrected chi connectivity index (χ1v) is 11.3. The lowest BCUT2D eigenvalue weighted by Gasteiger charge is -2.33. The second-order valence-corrected chi connectivity index (χ2v) is 9.10. The van der Waals surface area contributed by atoms with Crippen LogP contribution in [0.3, 0.4) is 0 Å². The Balaban J connectivity index is 1.29. The molecule has 2 N–H and O–H groups in total. The Labute approximate surface area is 174 Å². The van der Waals surface area contributed by atoms with Gasteiger partial charge in [0.25, 0.3) is 5.56 Å². The van der Waals surface area contributed by atoms with E-state index in [-0.39, 0.29) is 5.56 Å². The quantitative estimate of drug-likeness (QED) is 0.687. The van der Waals surface area contributed by atoms with Gasteiger partial charge in [-0.05, 0) is 43.4 Å². The van der Waals surface area contributed by atoms with E-state index in [1.54, 1.807) is 18.4 Å². The number of H-pyrrole nitrogens is 1. The van der Waals surface area contributed by atoms with Crippen LogP contribution in [0.4, 0.5) is 5.69 Å². The number of hydrogen-bond acceptors (Lipinski definition) is 5. The van der Waals surface area contributed by atoms with Crippen molar-refractivity contribution in [2.24, 2.45) is 0 Å². The number of fused-ring (bicyclic) bond motifs is 3. The zero-order valence-electron chi connectivity index (χ0n) is 16.8. The lowest BCUT2D eigenvalue weighted by atomic mass is 9.97. The first kappa shape index (κ1) is 18.6. The van der Waals surface area contributed by atoms with Crippen LogP contribution in [0, 0.1) is 0 Å². The summed E-state index contributed by atoms with van der Waals surface area (Å²) in [6.45, 7) is 4.81. The molecule has 1 aromatic carbocycles. The van der Waals surface area contributed by atoms with Gasteiger partial charge in [0.05, 0.1) is 38.7 Å². The number of piperazine rings is 1. The van der Waals surface area contributed by atoms with E-state index in [9.17, 15) is 4.79 Å². The van der Waals surface area contributed by atoms with Crippen molar-refractivity contribution in [2.45, 2.75) is 32.2 Å². The van der Waals surface area contributed by atoms with Crippen LogP contribution >= 0.6 is 11.3 Å². The molecule has 0 spiro atoms. The van der Waals surface area contributed by atoms with Crippen molar-refractivity contribution in [3.05, 3.63) is 50.9 Å². The zero-order chi connectivity index (χ0) is 19.8. The number of methoxy groups -OCH3 is 1. The van der Waals surface area contributed by atoms with E-state index in [0.717, 1.165) is 67.4 Å². The fraction of sp³-hybridized carbons (Fsp3) is 0.455. The molecule has 2 aromatic heterocycles. The van der Waals surface area contributed by atoms with Crippen LogP contribution in [0.2, 0.25) is 0 Å². The Morgan fingerprint density at radius 1 is 1.24 bits per heavy atom. The summed E-state index contributed by atoms with van der Waals surface area (Å²) in [7, 11) is 1.70. The monoisotopic (exact) mass is 411 g/mol. The third-order valence-corrected chi connectivity index (χ3v) is 7.37. The highest BCUT2D eigenvalue weighted by molar-refractivity contribution is 7.18. The van der Waals surface area contributed by atoms with Crippen LogP contribution in [-0.2, 0) is 19.4 Å². The van der Waals surface area contributed by atoms with Gasteiger partial charge in [0.15, 0.2) is 5.82 Å². The minimum Gasteiger partial charge on any atom is -0.497 e. The molecule has 0 amide bonds. The van der Waals surface area contributed by atoms with Gasteiger partial charge in [0.2, 0.25) is 0 Å². The van der Waals surface area contributed by atoms with E-state index < -0.39 is 0 Å². The Hall–Kier alpha value is -2.38. The number of nitrogens with one attached hydrogen (secondary N) is 2. The molecule has 1 saturated heterocycles. The Kier molecular flexibility index (Phi) is 5.01. The van der Waals surface area contributed by atoms with Gasteiger partial charge in [-0.2, -0.15) is 0 Å². The second kappa shape index (κ2) is 7.80. The molecular formula is C22H27N4O2S+. The van der Waals surface area contributed by atoms with Gasteiger partial charge in [-0.25, -0.2) is 4.98 Å². The molecule has 0 saturated carbocycles. The number of nitrogens with zero attached hydrogens (tertiary/aromatic N) is 2. The summed E-state index contributed by atoms with van der Waals surface area (Å²) in [4.78, 5) is 26.9. The second-order valence-electron chi connectivity index (χ2n) is 8.02. The lowest BCUT2D eigenvalue weighted by molar-refractivity contribution is -0.915. The first-order valence-electron chi connectivity index (χ1n) is 10.5. The van der Waals surface area contributed by atoms with Gasteiger partial charge >= 0.3 is 0 Å². The van der Waals surface area contributed by atoms with E-state index >= 15 is 0 Å². The maximum Gasteiger partial charge on any atom is 0.260 e. The number of aromatic amines is 1. The smallest absolute Gasteiger partial charge is 0.260 e. The number of ether oxygens (including phenoxy) is 1. The SMILES string of the molecule is COc1cccc(N2CC[NH+](Cc3nc4sc5c(c4c(=O)[nH]3)CCCC5)CC2)c1. The van der Waals surface area contributed by atoms with Crippen LogP contribution in [0.15, 0.2) is 29.1 Å². The largest absolute Gasteiger partial charge is 0.497 e. The molecule has 1 aliphatic heterocycles. The molecule has 0 radical (unpaired) electrons. The van der Waals surface area contributed by atoms with Crippen molar-refractivity contribution in [3.8, 4) is 5.75 Å². The van der Waals surface area contributed by atoms with Crippen molar-refractivity contribution < 1.29 is 9.64 Å². The molecule has 2 aliphatic rings. The van der Waals surface area contributed by atoms with Gasteiger partial charge < -0.3 is 19.5 Å². The van der Waals surface area contributed by atoms with Gasteiger partial charge in [-0.3, -0.25) is 4.79 Å². The molecule has 1 fully saturated rings. The van der Waals surface area contributed by atoms with Gasteiger partial charge in [-0.1, -0.05) is 6.07 Å². The molecule has 3 aromatic rings. The fourth-order valence-electron chi connectivity index (χ4n) is 4.59. The summed E-state index contributed by atoms with van der Waals surface area (Å²) in [5.74, 6) is 1.72. The van der Waals surface area contributed by atoms with Crippen LogP contribution in [0.5, 0.6) is 5.75 Å². The summed E-state index contributed by atoms with van der Waals surface area (Å²) in [5, 5.41) is 0.853. The van der Waals surface area contributed by atoms with E-state index in [4.69, 9.17) is 9.72 Å². The molecule has 3 heterocycles. The number of aryl methyl sites for hydroxylation is 2. The summed E-state index contributed by atoms with van der Waals surface area (Å²) < 4.78 is 5.35. The van der Waals surface area contributed by atoms with Crippen molar-refractivity contribution in [3.63, 3.8) is 0 Å². The molecule has 5 rings (SSSR count). The van der Waals surface area contributed by atoms with Crippen LogP contribution in [-0.4, -0.2) is 43.3 Å². The Morgan fingerprint density at radius 3 is 2.90 bits per heavy atom. The maximum absolute atomic E-state index is 12.8. The topological polar surface area (TPSA) is 62.7 Å². The molecular weight excluding hydrogens is 384 g/mol. The number of rotatable bonds is 4. The van der Waals surface area contributed by atoms with E-state index in [2.05, 4.69) is 22.0 Å². The average molecular weight is 412 g/mol. The fourth-order valence-corrected chi connectivity index (χ4v) is 5.88. The van der Waals surface area contributed by atoms with Crippen molar-refractivity contribution in [1.82, 2.24) is 9.97 Å². The summed E-state index contributed by atoms with van der Waals surface area (Å²) in [5.41, 5.74) is 2.52. The summed E-state index contributed by atoms with van der Waals surface area (Å²) >= 11 is 1.73. The number of hydrogen-bond donors (Lipinski definition) is 2. The Bertz CT molecular complexity index is 1080. The third kappa shape index (κ3) is 3.65. The van der Waals surface area contributed by atoms with E-state index in [1.807, 2.05) is 12.1 Å². The molecule has 0 unspecified atom stereocenters. The molecule has 6 nitrogen and oxygen atoms in total. The molecule has 1 aliphatic carbocycles. The predicted molar refractivity (Wildman–Crippen MR) is 116 cm³/mol. The van der Waals surface area contributed by atoms with Gasteiger partial charge in [-0.15, -0.1) is 11.3 Å². The van der Waals surface area contributed by atoms with E-state index in [1.165, 1.54) is 33.9 Å². The number of anilines is 1. The van der Waals surface area contributed by atoms with Crippen LogP contribution in [0.1, 0.15) is 29.1 Å². The highest BCUT2D eigenvalue weighted by Gasteiger charge is 2.23. The first-order chi connectivity index (χ1) is 14.2. The molecule has 29 heavy (non-hydrogen) atoms. The molecule has 7 heteroatoms. The molecule has 0 atom stereocenters. The molecule has 0 bridgehead atoms. The maximum atomic E-state index is 12.8. The van der Waals surface area contributed by atoms with E-state index in [0.29, 0.717) is 0 Å². The lowest BCUT2D eigenvalue weighted by Crippen LogP contribution is -3.13. The highest BCUT2D eigenvalue weighted by atomic mass is 32.1. The zero-order valence-corrected chi connectivity index (χ0v) is 17.6. The summed E-state index contributed by atoms with van der Waals surface area (Å²) in [6.07, 6.45) is 4.54. The normalized spacial score (nSPS) is 17.5. The highest BCUT2D eigenvalue weighted by Crippen LogP contribution is 2.33. The van der Waals surface area contributed by atoms with Crippen LogP contribution < -0.4 is 20.1 Å². The summed E-state index contributed by atoms with van der Waals surface area (Å²) in [6, 6.07) is 8.25. The number of thiophene rings is 1. The van der Waals surface area contributed by atoms with Gasteiger partial charge in [0.1, 0.15) is 17.1 Å². The van der Waals surface area contributed by atoms with Gasteiger partial charge in [0, 0.05) is 16.6 Å². The number of aromatic nitrogens is 2. The Morgan fingerprint density at radius 2 is 2.07 bits per heavy atom. The standard InChI is InChI=1S/C22H26N4O2S/c1-28-16-6-4-5-15(13-16)26-11-9-25(10-12-26)14-19-23-21(27)20-17-7-2-3-8-18(17)29-22(20)24-19/h4-6,13H,2-3,7-12,14H2,1H3,(H,23,24,27)/p+1. The minimum absolute atomic E-state index is 0.0545. The van der Waals surface area contributed by atoms with Crippen LogP contribution in [0.25, 0.3) is 10.2 Å². The predicted octanol–water partition coefficient (Wildman–Crippen LogP) is 1.78. The van der Waals surface area contributed by atoms with Crippen molar-refractivity contribution >= 4 is 27.2 Å². The molecule has 152 valence electrons.